The summed E-state index contributed by atoms with van der Waals surface area (Å²) in [5.74, 6) is 0.220. The highest BCUT2D eigenvalue weighted by atomic mass is 16.7. The second kappa shape index (κ2) is 6.35. The van der Waals surface area contributed by atoms with E-state index in [1.54, 1.807) is 6.07 Å². The molecule has 1 fully saturated rings. The van der Waals surface area contributed by atoms with Crippen molar-refractivity contribution >= 4 is 11.4 Å². The smallest absolute Gasteiger partial charge is 0.313 e. The molecule has 2 rings (SSSR count). The first kappa shape index (κ1) is 13.6. The predicted octanol–water partition coefficient (Wildman–Crippen LogP) is 1.00. The number of piperazine rings is 1. The van der Waals surface area contributed by atoms with Gasteiger partial charge in [-0.05, 0) is 12.1 Å². The third-order valence-corrected chi connectivity index (χ3v) is 2.89. The third kappa shape index (κ3) is 3.33. The largest absolute Gasteiger partial charge is 0.460 e. The van der Waals surface area contributed by atoms with E-state index in [-0.39, 0.29) is 18.2 Å². The number of methoxy groups -OCH3 is 1. The lowest BCUT2D eigenvalue weighted by atomic mass is 10.2. The van der Waals surface area contributed by atoms with Gasteiger partial charge in [-0.2, -0.15) is 0 Å². The summed E-state index contributed by atoms with van der Waals surface area (Å²) in [5, 5.41) is 15.3. The molecule has 7 heteroatoms. The molecule has 7 nitrogen and oxygen atoms in total. The van der Waals surface area contributed by atoms with Crippen molar-refractivity contribution in [3.05, 3.63) is 28.3 Å². The van der Waals surface area contributed by atoms with Crippen LogP contribution in [0.4, 0.5) is 11.4 Å². The molecule has 1 radical (unpaired) electrons. The average Bonchev–Trinajstić information content (AvgIpc) is 2.45. The molecule has 0 aliphatic carbocycles. The zero-order valence-electron chi connectivity index (χ0n) is 10.7. The van der Waals surface area contributed by atoms with Crippen molar-refractivity contribution in [1.82, 2.24) is 5.32 Å². The summed E-state index contributed by atoms with van der Waals surface area (Å²) in [4.78, 5) is 12.7. The van der Waals surface area contributed by atoms with E-state index < -0.39 is 4.92 Å². The molecule has 1 saturated heterocycles. The van der Waals surface area contributed by atoms with E-state index in [0.717, 1.165) is 31.9 Å². The van der Waals surface area contributed by atoms with E-state index in [4.69, 9.17) is 9.47 Å². The number of rotatable bonds is 5. The Labute approximate surface area is 111 Å². The fourth-order valence-electron chi connectivity index (χ4n) is 1.95. The molecular weight excluding hydrogens is 250 g/mol. The fraction of sp³-hybridized carbons (Fsp3) is 0.500. The molecule has 0 unspecified atom stereocenters. The maximum atomic E-state index is 11.1. The summed E-state index contributed by atoms with van der Waals surface area (Å²) in [6, 6.07) is 4.97. The van der Waals surface area contributed by atoms with E-state index >= 15 is 0 Å². The highest BCUT2D eigenvalue weighted by molar-refractivity contribution is 5.60. The Kier molecular flexibility index (Phi) is 4.53. The van der Waals surface area contributed by atoms with E-state index in [9.17, 15) is 10.1 Å². The second-order valence-corrected chi connectivity index (χ2v) is 4.12. The van der Waals surface area contributed by atoms with Crippen LogP contribution in [0.2, 0.25) is 0 Å². The van der Waals surface area contributed by atoms with Gasteiger partial charge in [0.15, 0.2) is 12.5 Å². The lowest BCUT2D eigenvalue weighted by molar-refractivity contribution is -0.386. The summed E-state index contributed by atoms with van der Waals surface area (Å²) in [6.07, 6.45) is 0. The van der Waals surface area contributed by atoms with Crippen LogP contribution in [0.15, 0.2) is 18.2 Å². The Bertz CT molecular complexity index is 447. The average molecular weight is 266 g/mol. The molecule has 0 spiro atoms. The Hall–Kier alpha value is -1.86. The van der Waals surface area contributed by atoms with Gasteiger partial charge in [-0.3, -0.25) is 10.1 Å². The van der Waals surface area contributed by atoms with Gasteiger partial charge in [0.05, 0.1) is 4.92 Å². The highest BCUT2D eigenvalue weighted by Crippen LogP contribution is 2.31. The zero-order chi connectivity index (χ0) is 13.7. The molecule has 0 bridgehead atoms. The van der Waals surface area contributed by atoms with Gasteiger partial charge in [0.1, 0.15) is 0 Å². The number of nitro groups is 1. The monoisotopic (exact) mass is 266 g/mol. The van der Waals surface area contributed by atoms with Gasteiger partial charge in [-0.15, -0.1) is 0 Å². The van der Waals surface area contributed by atoms with Gasteiger partial charge in [0.2, 0.25) is 0 Å². The predicted molar refractivity (Wildman–Crippen MR) is 69.7 cm³/mol. The standard InChI is InChI=1S/C12H16N3O4/c1-18-9-19-12-3-2-10(8-11(12)15(16)17)14-6-4-13-5-7-14/h2-3,8H,4-7,9H2,1H3. The molecule has 0 amide bonds. The van der Waals surface area contributed by atoms with Crippen LogP contribution in [0.3, 0.4) is 0 Å². The zero-order valence-corrected chi connectivity index (χ0v) is 10.7. The van der Waals surface area contributed by atoms with E-state index in [2.05, 4.69) is 10.2 Å². The van der Waals surface area contributed by atoms with Gasteiger partial charge >= 0.3 is 5.69 Å². The van der Waals surface area contributed by atoms with Crippen molar-refractivity contribution in [2.75, 3.05) is 45.0 Å². The fourth-order valence-corrected chi connectivity index (χ4v) is 1.95. The quantitative estimate of drug-likeness (QED) is 0.451. The van der Waals surface area contributed by atoms with Crippen LogP contribution in [0.1, 0.15) is 0 Å². The van der Waals surface area contributed by atoms with Crippen LogP contribution in [0.25, 0.3) is 0 Å². The number of hydrogen-bond donors (Lipinski definition) is 0. The summed E-state index contributed by atoms with van der Waals surface area (Å²) in [6.45, 7) is 3.08. The van der Waals surface area contributed by atoms with E-state index in [1.165, 1.54) is 13.2 Å². The molecule has 19 heavy (non-hydrogen) atoms. The SMILES string of the molecule is COCOc1ccc(N2CC[N]CC2)cc1[N+](=O)[O-]. The first-order valence-corrected chi connectivity index (χ1v) is 6.01. The van der Waals surface area contributed by atoms with Gasteiger partial charge in [-0.25, -0.2) is 5.32 Å². The molecule has 0 atom stereocenters. The first-order valence-electron chi connectivity index (χ1n) is 6.01. The minimum Gasteiger partial charge on any atom is -0.460 e. The highest BCUT2D eigenvalue weighted by Gasteiger charge is 2.19. The van der Waals surface area contributed by atoms with Crippen LogP contribution in [0, 0.1) is 10.1 Å². The van der Waals surface area contributed by atoms with Crippen LogP contribution in [-0.2, 0) is 4.74 Å². The number of nitro benzene ring substituents is 1. The lowest BCUT2D eigenvalue weighted by Gasteiger charge is -2.28. The van der Waals surface area contributed by atoms with E-state index in [1.807, 2.05) is 6.07 Å². The Morgan fingerprint density at radius 1 is 1.42 bits per heavy atom. The van der Waals surface area contributed by atoms with E-state index in [0.29, 0.717) is 0 Å². The maximum absolute atomic E-state index is 11.1. The molecule has 1 heterocycles. The summed E-state index contributed by atoms with van der Waals surface area (Å²) in [7, 11) is 1.47. The maximum Gasteiger partial charge on any atom is 0.313 e. The van der Waals surface area contributed by atoms with Crippen LogP contribution >= 0.6 is 0 Å². The molecule has 0 aromatic heterocycles. The second-order valence-electron chi connectivity index (χ2n) is 4.12. The van der Waals surface area contributed by atoms with Gasteiger partial charge in [0.25, 0.3) is 0 Å². The molecule has 1 aromatic carbocycles. The Balaban J connectivity index is 2.22. The van der Waals surface area contributed by atoms with Gasteiger partial charge in [-0.1, -0.05) is 0 Å². The lowest BCUT2D eigenvalue weighted by Crippen LogP contribution is -2.40. The summed E-state index contributed by atoms with van der Waals surface area (Å²) >= 11 is 0. The van der Waals surface area contributed by atoms with Crippen molar-refractivity contribution in [2.45, 2.75) is 0 Å². The number of hydrogen-bond acceptors (Lipinski definition) is 5. The van der Waals surface area contributed by atoms with Crippen LogP contribution in [0.5, 0.6) is 5.75 Å². The molecular formula is C12H16N3O4. The molecule has 103 valence electrons. The number of ether oxygens (including phenoxy) is 2. The van der Waals surface area contributed by atoms with Crippen molar-refractivity contribution in [1.29, 1.82) is 0 Å². The van der Waals surface area contributed by atoms with Crippen LogP contribution < -0.4 is 15.0 Å². The van der Waals surface area contributed by atoms with Crippen molar-refractivity contribution < 1.29 is 14.4 Å². The van der Waals surface area contributed by atoms with Crippen molar-refractivity contribution in [2.24, 2.45) is 0 Å². The minimum atomic E-state index is -0.442. The Morgan fingerprint density at radius 3 is 2.79 bits per heavy atom. The molecule has 1 aromatic rings. The molecule has 1 aliphatic rings. The number of anilines is 1. The van der Waals surface area contributed by atoms with Crippen LogP contribution in [-0.4, -0.2) is 45.0 Å². The topological polar surface area (TPSA) is 78.9 Å². The molecule has 0 saturated carbocycles. The minimum absolute atomic E-state index is 0.0111. The third-order valence-electron chi connectivity index (χ3n) is 2.89. The first-order chi connectivity index (χ1) is 9.22. The number of benzene rings is 1. The van der Waals surface area contributed by atoms with Crippen molar-refractivity contribution in [3.63, 3.8) is 0 Å². The molecule has 0 N–H and O–H groups in total. The normalized spacial score (nSPS) is 15.3. The van der Waals surface area contributed by atoms with Gasteiger partial charge < -0.3 is 14.4 Å². The van der Waals surface area contributed by atoms with Crippen molar-refractivity contribution in [3.8, 4) is 5.75 Å². The summed E-state index contributed by atoms with van der Waals surface area (Å²) in [5.41, 5.74) is 0.781. The van der Waals surface area contributed by atoms with Gasteiger partial charge in [0, 0.05) is 45.0 Å². The summed E-state index contributed by atoms with van der Waals surface area (Å²) < 4.78 is 9.95. The molecule has 1 aliphatic heterocycles. The Morgan fingerprint density at radius 2 is 2.16 bits per heavy atom. The number of nitrogens with zero attached hydrogens (tertiary/aromatic N) is 3.